The number of aromatic nitrogens is 1. The van der Waals surface area contributed by atoms with Gasteiger partial charge in [-0.15, -0.1) is 0 Å². The lowest BCUT2D eigenvalue weighted by Crippen LogP contribution is -3.11. The lowest BCUT2D eigenvalue weighted by atomic mass is 10.1. The van der Waals surface area contributed by atoms with Crippen molar-refractivity contribution in [3.8, 4) is 5.75 Å². The molecule has 28 heavy (non-hydrogen) atoms. The summed E-state index contributed by atoms with van der Waals surface area (Å²) in [5, 5.41) is 2.81. The molecule has 1 aliphatic heterocycles. The topological polar surface area (TPSA) is 68.0 Å². The van der Waals surface area contributed by atoms with Gasteiger partial charge in [-0.25, -0.2) is 0 Å². The monoisotopic (exact) mass is 385 g/mol. The molecule has 1 saturated heterocycles. The molecule has 3 rings (SSSR count). The molecule has 7 nitrogen and oxygen atoms in total. The fourth-order valence-corrected chi connectivity index (χ4v) is 3.85. The molecule has 0 radical (unpaired) electrons. The first-order valence-corrected chi connectivity index (χ1v) is 9.61. The Balaban J connectivity index is 1.54. The van der Waals surface area contributed by atoms with E-state index in [9.17, 15) is 9.59 Å². The van der Waals surface area contributed by atoms with Crippen molar-refractivity contribution in [1.29, 1.82) is 0 Å². The van der Waals surface area contributed by atoms with Crippen molar-refractivity contribution in [3.05, 3.63) is 48.3 Å². The van der Waals surface area contributed by atoms with Crippen LogP contribution in [0.3, 0.4) is 0 Å². The van der Waals surface area contributed by atoms with E-state index in [1.807, 2.05) is 31.4 Å². The first kappa shape index (κ1) is 19.9. The third-order valence-corrected chi connectivity index (χ3v) is 5.36. The third-order valence-electron chi connectivity index (χ3n) is 5.36. The molecular weight excluding hydrogens is 356 g/mol. The molecule has 0 aliphatic carbocycles. The number of hydrogen-bond donors (Lipinski definition) is 2. The molecule has 1 aliphatic rings. The summed E-state index contributed by atoms with van der Waals surface area (Å²) in [6.45, 7) is 1.41. The van der Waals surface area contributed by atoms with Gasteiger partial charge in [-0.1, -0.05) is 6.07 Å². The summed E-state index contributed by atoms with van der Waals surface area (Å²) in [4.78, 5) is 27.8. The number of rotatable bonds is 7. The number of carbonyl (C=O) groups excluding carboxylic acids is 2. The Labute approximate surface area is 165 Å². The van der Waals surface area contributed by atoms with Gasteiger partial charge in [-0.3, -0.25) is 9.59 Å². The molecule has 2 aromatic rings. The zero-order valence-corrected chi connectivity index (χ0v) is 16.8. The summed E-state index contributed by atoms with van der Waals surface area (Å²) in [5.41, 5.74) is 1.91. The van der Waals surface area contributed by atoms with Crippen LogP contribution in [0.4, 0.5) is 5.69 Å². The van der Waals surface area contributed by atoms with Crippen LogP contribution < -0.4 is 15.0 Å². The second kappa shape index (κ2) is 8.93. The molecular formula is C21H29N4O3+. The van der Waals surface area contributed by atoms with Gasteiger partial charge < -0.3 is 24.4 Å². The van der Waals surface area contributed by atoms with E-state index in [1.165, 1.54) is 15.5 Å². The van der Waals surface area contributed by atoms with Gasteiger partial charge in [0.2, 0.25) is 5.91 Å². The molecule has 0 saturated carbocycles. The predicted molar refractivity (Wildman–Crippen MR) is 107 cm³/mol. The van der Waals surface area contributed by atoms with Gasteiger partial charge in [0, 0.05) is 44.9 Å². The van der Waals surface area contributed by atoms with Gasteiger partial charge in [0.05, 0.1) is 25.9 Å². The number of carbonyl (C=O) groups is 2. The maximum absolute atomic E-state index is 12.7. The average Bonchev–Trinajstić information content (AvgIpc) is 3.29. The van der Waals surface area contributed by atoms with Crippen molar-refractivity contribution in [1.82, 2.24) is 9.47 Å². The Bertz CT molecular complexity index is 833. The summed E-state index contributed by atoms with van der Waals surface area (Å²) in [5.74, 6) is 0.433. The number of anilines is 1. The van der Waals surface area contributed by atoms with Crippen LogP contribution >= 0.6 is 0 Å². The lowest BCUT2D eigenvalue weighted by Gasteiger charge is -2.24. The Morgan fingerprint density at radius 2 is 2.14 bits per heavy atom. The van der Waals surface area contributed by atoms with Crippen LogP contribution in [-0.2, 0) is 16.6 Å². The van der Waals surface area contributed by atoms with Crippen molar-refractivity contribution >= 4 is 17.5 Å². The SMILES string of the molecule is COc1cccc(NC(=O)CN(C)C(=O)C[NH+]2CCC[C@@H]2c2cccn2C)c1. The summed E-state index contributed by atoms with van der Waals surface area (Å²) < 4.78 is 7.29. The molecule has 2 N–H and O–H groups in total. The van der Waals surface area contributed by atoms with E-state index in [4.69, 9.17) is 4.74 Å². The Morgan fingerprint density at radius 1 is 1.32 bits per heavy atom. The van der Waals surface area contributed by atoms with E-state index in [2.05, 4.69) is 16.0 Å². The number of likely N-dealkylation sites (N-methyl/N-ethyl adjacent to an activating group) is 1. The van der Waals surface area contributed by atoms with Crippen LogP contribution in [0.25, 0.3) is 0 Å². The Hall–Kier alpha value is -2.80. The van der Waals surface area contributed by atoms with Crippen LogP contribution in [-0.4, -0.2) is 55.1 Å². The molecule has 1 fully saturated rings. The van der Waals surface area contributed by atoms with E-state index < -0.39 is 0 Å². The van der Waals surface area contributed by atoms with Crippen LogP contribution in [0, 0.1) is 0 Å². The number of likely N-dealkylation sites (tertiary alicyclic amines) is 1. The zero-order chi connectivity index (χ0) is 20.1. The summed E-state index contributed by atoms with van der Waals surface area (Å²) >= 11 is 0. The number of ether oxygens (including phenoxy) is 1. The minimum Gasteiger partial charge on any atom is -0.497 e. The first-order valence-electron chi connectivity index (χ1n) is 9.61. The van der Waals surface area contributed by atoms with Gasteiger partial charge in [-0.2, -0.15) is 0 Å². The maximum Gasteiger partial charge on any atom is 0.277 e. The minimum atomic E-state index is -0.223. The molecule has 2 atom stereocenters. The minimum absolute atomic E-state index is 0.0168. The van der Waals surface area contributed by atoms with E-state index >= 15 is 0 Å². The van der Waals surface area contributed by atoms with E-state index in [-0.39, 0.29) is 18.4 Å². The van der Waals surface area contributed by atoms with Gasteiger partial charge >= 0.3 is 0 Å². The summed E-state index contributed by atoms with van der Waals surface area (Å²) in [6, 6.07) is 11.7. The van der Waals surface area contributed by atoms with Crippen molar-refractivity contribution in [2.24, 2.45) is 7.05 Å². The number of methoxy groups -OCH3 is 1. The molecule has 7 heteroatoms. The van der Waals surface area contributed by atoms with Gasteiger partial charge in [0.1, 0.15) is 11.8 Å². The molecule has 2 heterocycles. The molecule has 0 bridgehead atoms. The summed E-state index contributed by atoms with van der Waals surface area (Å²) in [7, 11) is 5.30. The fraction of sp³-hybridized carbons (Fsp3) is 0.429. The van der Waals surface area contributed by atoms with Gasteiger partial charge in [0.15, 0.2) is 6.54 Å². The Morgan fingerprint density at radius 3 is 2.86 bits per heavy atom. The van der Waals surface area contributed by atoms with Crippen LogP contribution in [0.15, 0.2) is 42.6 Å². The van der Waals surface area contributed by atoms with Crippen molar-refractivity contribution in [2.75, 3.05) is 39.1 Å². The quantitative estimate of drug-likeness (QED) is 0.743. The molecule has 0 spiro atoms. The van der Waals surface area contributed by atoms with Crippen molar-refractivity contribution < 1.29 is 19.2 Å². The number of nitrogens with zero attached hydrogens (tertiary/aromatic N) is 2. The van der Waals surface area contributed by atoms with Gasteiger partial charge in [-0.05, 0) is 24.3 Å². The predicted octanol–water partition coefficient (Wildman–Crippen LogP) is 0.851. The van der Waals surface area contributed by atoms with Crippen molar-refractivity contribution in [3.63, 3.8) is 0 Å². The van der Waals surface area contributed by atoms with E-state index in [0.717, 1.165) is 19.4 Å². The molecule has 1 aromatic carbocycles. The van der Waals surface area contributed by atoms with E-state index in [1.54, 1.807) is 26.3 Å². The molecule has 1 unspecified atom stereocenters. The maximum atomic E-state index is 12.7. The van der Waals surface area contributed by atoms with Crippen LogP contribution in [0.5, 0.6) is 5.75 Å². The molecule has 1 aromatic heterocycles. The third kappa shape index (κ3) is 4.72. The summed E-state index contributed by atoms with van der Waals surface area (Å²) in [6.07, 6.45) is 4.24. The number of aryl methyl sites for hydroxylation is 1. The zero-order valence-electron chi connectivity index (χ0n) is 16.8. The number of benzene rings is 1. The number of quaternary nitrogens is 1. The largest absolute Gasteiger partial charge is 0.497 e. The second-order valence-electron chi connectivity index (χ2n) is 7.35. The first-order chi connectivity index (χ1) is 13.5. The van der Waals surface area contributed by atoms with Crippen molar-refractivity contribution in [2.45, 2.75) is 18.9 Å². The number of nitrogens with one attached hydrogen (secondary N) is 2. The van der Waals surface area contributed by atoms with E-state index in [0.29, 0.717) is 24.0 Å². The number of amides is 2. The highest BCUT2D eigenvalue weighted by Crippen LogP contribution is 2.19. The standard InChI is InChI=1S/C21H28N4O3/c1-23-11-5-9-18(23)19-10-6-12-25(19)15-21(27)24(2)14-20(26)22-16-7-4-8-17(13-16)28-3/h4-5,7-9,11,13,19H,6,10,12,14-15H2,1-3H3,(H,22,26)/p+1/t19-/m1/s1. The highest BCUT2D eigenvalue weighted by molar-refractivity contribution is 5.94. The fourth-order valence-electron chi connectivity index (χ4n) is 3.85. The molecule has 150 valence electrons. The normalized spacial score (nSPS) is 18.7. The lowest BCUT2D eigenvalue weighted by molar-refractivity contribution is -0.911. The highest BCUT2D eigenvalue weighted by atomic mass is 16.5. The second-order valence-corrected chi connectivity index (χ2v) is 7.35. The van der Waals surface area contributed by atoms with Gasteiger partial charge in [0.25, 0.3) is 5.91 Å². The Kier molecular flexibility index (Phi) is 6.36. The number of hydrogen-bond acceptors (Lipinski definition) is 3. The van der Waals surface area contributed by atoms with Crippen LogP contribution in [0.2, 0.25) is 0 Å². The highest BCUT2D eigenvalue weighted by Gasteiger charge is 2.33. The smallest absolute Gasteiger partial charge is 0.277 e. The molecule has 2 amide bonds. The average molecular weight is 385 g/mol. The van der Waals surface area contributed by atoms with Crippen LogP contribution in [0.1, 0.15) is 24.6 Å².